The zero-order valence-electron chi connectivity index (χ0n) is 11.9. The number of hydrogen-bond donors (Lipinski definition) is 2. The Labute approximate surface area is 113 Å². The first kappa shape index (κ1) is 15.1. The lowest BCUT2D eigenvalue weighted by molar-refractivity contribution is 0.0938. The highest BCUT2D eigenvalue weighted by atomic mass is 16.2. The monoisotopic (exact) mass is 263 g/mol. The normalized spacial score (nSPS) is 12.1. The summed E-state index contributed by atoms with van der Waals surface area (Å²) in [7, 11) is 0. The molecule has 2 N–H and O–H groups in total. The fourth-order valence-electron chi connectivity index (χ4n) is 1.44. The summed E-state index contributed by atoms with van der Waals surface area (Å²) < 4.78 is 0. The van der Waals surface area contributed by atoms with Gasteiger partial charge in [-0.3, -0.25) is 14.6 Å². The van der Waals surface area contributed by atoms with Crippen molar-refractivity contribution in [3.05, 3.63) is 29.6 Å². The largest absolute Gasteiger partial charge is 0.350 e. The standard InChI is InChI=1S/C14H21N3O2/c1-5-10(4)17-13(18)11-6-7-15-12(8-11)14(19)16-9(2)3/h6-10H,5H2,1-4H3,(H,16,19)(H,17,18). The van der Waals surface area contributed by atoms with Gasteiger partial charge in [-0.15, -0.1) is 0 Å². The van der Waals surface area contributed by atoms with Crippen molar-refractivity contribution in [2.24, 2.45) is 0 Å². The molecule has 5 heteroatoms. The van der Waals surface area contributed by atoms with E-state index < -0.39 is 0 Å². The van der Waals surface area contributed by atoms with E-state index in [1.807, 2.05) is 27.7 Å². The van der Waals surface area contributed by atoms with Crippen LogP contribution in [0, 0.1) is 0 Å². The molecule has 2 amide bonds. The summed E-state index contributed by atoms with van der Waals surface area (Å²) in [6.07, 6.45) is 2.33. The second kappa shape index (κ2) is 6.87. The van der Waals surface area contributed by atoms with Crippen LogP contribution < -0.4 is 10.6 Å². The molecule has 19 heavy (non-hydrogen) atoms. The Hall–Kier alpha value is -1.91. The van der Waals surface area contributed by atoms with E-state index in [0.29, 0.717) is 5.56 Å². The molecule has 1 heterocycles. The van der Waals surface area contributed by atoms with E-state index in [4.69, 9.17) is 0 Å². The summed E-state index contributed by atoms with van der Waals surface area (Å²) in [6, 6.07) is 3.25. The van der Waals surface area contributed by atoms with Crippen LogP contribution >= 0.6 is 0 Å². The molecule has 1 aromatic heterocycles. The lowest BCUT2D eigenvalue weighted by atomic mass is 10.2. The van der Waals surface area contributed by atoms with Crippen LogP contribution in [0.15, 0.2) is 18.3 Å². The van der Waals surface area contributed by atoms with Crippen molar-refractivity contribution in [3.8, 4) is 0 Å². The van der Waals surface area contributed by atoms with Gasteiger partial charge in [-0.1, -0.05) is 6.92 Å². The number of nitrogens with zero attached hydrogens (tertiary/aromatic N) is 1. The van der Waals surface area contributed by atoms with Crippen molar-refractivity contribution in [2.75, 3.05) is 0 Å². The van der Waals surface area contributed by atoms with E-state index in [1.165, 1.54) is 12.3 Å². The molecule has 0 saturated carbocycles. The number of aromatic nitrogens is 1. The Morgan fingerprint density at radius 1 is 1.21 bits per heavy atom. The molecule has 0 saturated heterocycles. The van der Waals surface area contributed by atoms with Crippen molar-refractivity contribution < 1.29 is 9.59 Å². The molecule has 0 aliphatic heterocycles. The molecule has 0 spiro atoms. The third kappa shape index (κ3) is 4.69. The van der Waals surface area contributed by atoms with Crippen LogP contribution in [0.4, 0.5) is 0 Å². The van der Waals surface area contributed by atoms with Gasteiger partial charge in [0.25, 0.3) is 11.8 Å². The molecule has 5 nitrogen and oxygen atoms in total. The SMILES string of the molecule is CCC(C)NC(=O)c1ccnc(C(=O)NC(C)C)c1. The van der Waals surface area contributed by atoms with E-state index in [0.717, 1.165) is 6.42 Å². The van der Waals surface area contributed by atoms with E-state index >= 15 is 0 Å². The minimum atomic E-state index is -0.270. The lowest BCUT2D eigenvalue weighted by Crippen LogP contribution is -2.33. The van der Waals surface area contributed by atoms with Crippen molar-refractivity contribution in [1.82, 2.24) is 15.6 Å². The van der Waals surface area contributed by atoms with Crippen molar-refractivity contribution in [2.45, 2.75) is 46.2 Å². The Morgan fingerprint density at radius 2 is 1.89 bits per heavy atom. The second-order valence-electron chi connectivity index (χ2n) is 4.84. The van der Waals surface area contributed by atoms with Gasteiger partial charge in [-0.25, -0.2) is 0 Å². The minimum Gasteiger partial charge on any atom is -0.350 e. The van der Waals surface area contributed by atoms with Crippen molar-refractivity contribution >= 4 is 11.8 Å². The van der Waals surface area contributed by atoms with E-state index in [-0.39, 0.29) is 29.6 Å². The summed E-state index contributed by atoms with van der Waals surface area (Å²) in [5.41, 5.74) is 0.703. The zero-order valence-corrected chi connectivity index (χ0v) is 11.9. The van der Waals surface area contributed by atoms with E-state index in [1.54, 1.807) is 6.07 Å². The number of hydrogen-bond acceptors (Lipinski definition) is 3. The summed E-state index contributed by atoms with van der Waals surface area (Å²) in [5.74, 6) is -0.455. The second-order valence-corrected chi connectivity index (χ2v) is 4.84. The zero-order chi connectivity index (χ0) is 14.4. The molecule has 0 fully saturated rings. The van der Waals surface area contributed by atoms with Gasteiger partial charge in [-0.2, -0.15) is 0 Å². The van der Waals surface area contributed by atoms with Crippen LogP contribution in [-0.4, -0.2) is 28.9 Å². The van der Waals surface area contributed by atoms with Crippen molar-refractivity contribution in [1.29, 1.82) is 0 Å². The summed E-state index contributed by atoms with van der Waals surface area (Å²) in [6.45, 7) is 7.68. The third-order valence-corrected chi connectivity index (χ3v) is 2.66. The molecule has 1 rings (SSSR count). The molecule has 0 aliphatic rings. The first-order chi connectivity index (χ1) is 8.93. The molecule has 0 aromatic carbocycles. The van der Waals surface area contributed by atoms with Gasteiger partial charge in [0, 0.05) is 23.8 Å². The lowest BCUT2D eigenvalue weighted by Gasteiger charge is -2.12. The molecule has 1 unspecified atom stereocenters. The maximum Gasteiger partial charge on any atom is 0.270 e. The average molecular weight is 263 g/mol. The van der Waals surface area contributed by atoms with Gasteiger partial charge in [0.15, 0.2) is 0 Å². The quantitative estimate of drug-likeness (QED) is 0.850. The average Bonchev–Trinajstić information content (AvgIpc) is 2.37. The van der Waals surface area contributed by atoms with Crippen LogP contribution in [0.25, 0.3) is 0 Å². The number of amides is 2. The first-order valence-corrected chi connectivity index (χ1v) is 6.51. The summed E-state index contributed by atoms with van der Waals surface area (Å²) >= 11 is 0. The molecule has 1 atom stereocenters. The molecule has 104 valence electrons. The number of nitrogens with one attached hydrogen (secondary N) is 2. The Morgan fingerprint density at radius 3 is 2.47 bits per heavy atom. The molecule has 0 bridgehead atoms. The molecule has 1 aromatic rings. The summed E-state index contributed by atoms with van der Waals surface area (Å²) in [4.78, 5) is 27.7. The van der Waals surface area contributed by atoms with E-state index in [9.17, 15) is 9.59 Å². The van der Waals surface area contributed by atoms with Crippen LogP contribution in [0.1, 0.15) is 55.0 Å². The highest BCUT2D eigenvalue weighted by Gasteiger charge is 2.13. The molecular weight excluding hydrogens is 242 g/mol. The predicted molar refractivity (Wildman–Crippen MR) is 74.1 cm³/mol. The van der Waals surface area contributed by atoms with Crippen LogP contribution in [0.2, 0.25) is 0 Å². The third-order valence-electron chi connectivity index (χ3n) is 2.66. The van der Waals surface area contributed by atoms with Gasteiger partial charge in [0.1, 0.15) is 5.69 Å². The fourth-order valence-corrected chi connectivity index (χ4v) is 1.44. The number of pyridine rings is 1. The van der Waals surface area contributed by atoms with E-state index in [2.05, 4.69) is 15.6 Å². The fraction of sp³-hybridized carbons (Fsp3) is 0.500. The predicted octanol–water partition coefficient (Wildman–Crippen LogP) is 1.75. The van der Waals surface area contributed by atoms with Crippen LogP contribution in [0.3, 0.4) is 0 Å². The van der Waals surface area contributed by atoms with Gasteiger partial charge >= 0.3 is 0 Å². The van der Waals surface area contributed by atoms with Crippen LogP contribution in [-0.2, 0) is 0 Å². The molecular formula is C14H21N3O2. The maximum atomic E-state index is 11.9. The Balaban J connectivity index is 2.82. The number of rotatable bonds is 5. The first-order valence-electron chi connectivity index (χ1n) is 6.51. The van der Waals surface area contributed by atoms with Crippen LogP contribution in [0.5, 0.6) is 0 Å². The highest BCUT2D eigenvalue weighted by molar-refractivity contribution is 5.98. The number of carbonyl (C=O) groups is 2. The maximum absolute atomic E-state index is 11.9. The van der Waals surface area contributed by atoms with Gasteiger partial charge in [0.2, 0.25) is 0 Å². The minimum absolute atomic E-state index is 0.0342. The van der Waals surface area contributed by atoms with Crippen molar-refractivity contribution in [3.63, 3.8) is 0 Å². The molecule has 0 radical (unpaired) electrons. The van der Waals surface area contributed by atoms with Gasteiger partial charge in [0.05, 0.1) is 0 Å². The van der Waals surface area contributed by atoms with Gasteiger partial charge in [-0.05, 0) is 39.3 Å². The van der Waals surface area contributed by atoms with Gasteiger partial charge < -0.3 is 10.6 Å². The topological polar surface area (TPSA) is 71.1 Å². The Bertz CT molecular complexity index is 458. The molecule has 0 aliphatic carbocycles. The number of carbonyl (C=O) groups excluding carboxylic acids is 2. The Kier molecular flexibility index (Phi) is 5.48. The summed E-state index contributed by atoms with van der Waals surface area (Å²) in [5, 5.41) is 5.60. The highest BCUT2D eigenvalue weighted by Crippen LogP contribution is 2.03. The smallest absolute Gasteiger partial charge is 0.270 e.